The number of carboxylic acid groups (broad SMARTS) is 1. The van der Waals surface area contributed by atoms with Crippen LogP contribution in [0.1, 0.15) is 10.6 Å². The SMILES string of the molecule is C=CCn1oc(C(=O)O)cc1=O. The van der Waals surface area contributed by atoms with Crippen LogP contribution in [0.4, 0.5) is 0 Å². The van der Waals surface area contributed by atoms with Gasteiger partial charge < -0.3 is 9.63 Å². The minimum absolute atomic E-state index is 0.173. The van der Waals surface area contributed by atoms with Crippen LogP contribution < -0.4 is 5.56 Å². The molecule has 64 valence electrons. The molecule has 1 aromatic heterocycles. The lowest BCUT2D eigenvalue weighted by molar-refractivity contribution is 0.0636. The molecule has 0 amide bonds. The molecule has 0 aliphatic heterocycles. The van der Waals surface area contributed by atoms with Gasteiger partial charge in [0.2, 0.25) is 5.76 Å². The van der Waals surface area contributed by atoms with Crippen molar-refractivity contribution < 1.29 is 14.4 Å². The minimum atomic E-state index is -1.25. The fourth-order valence-corrected chi connectivity index (χ4v) is 0.719. The van der Waals surface area contributed by atoms with Crippen molar-refractivity contribution in [1.29, 1.82) is 0 Å². The Morgan fingerprint density at radius 2 is 2.50 bits per heavy atom. The van der Waals surface area contributed by atoms with E-state index in [4.69, 9.17) is 5.11 Å². The molecule has 0 bridgehead atoms. The summed E-state index contributed by atoms with van der Waals surface area (Å²) in [6.45, 7) is 3.56. The molecule has 0 spiro atoms. The summed E-state index contributed by atoms with van der Waals surface area (Å²) in [5, 5.41) is 8.42. The van der Waals surface area contributed by atoms with Crippen LogP contribution in [-0.2, 0) is 6.54 Å². The second-order valence-electron chi connectivity index (χ2n) is 2.09. The highest BCUT2D eigenvalue weighted by Crippen LogP contribution is 1.95. The van der Waals surface area contributed by atoms with Crippen molar-refractivity contribution in [2.24, 2.45) is 0 Å². The standard InChI is InChI=1S/C7H7NO4/c1-2-3-8-6(9)4-5(12-8)7(10)11/h2,4H,1,3H2,(H,10,11). The van der Waals surface area contributed by atoms with E-state index in [-0.39, 0.29) is 12.3 Å². The van der Waals surface area contributed by atoms with Crippen LogP contribution in [0, 0.1) is 0 Å². The number of rotatable bonds is 3. The first-order valence-corrected chi connectivity index (χ1v) is 3.20. The Kier molecular flexibility index (Phi) is 2.14. The molecule has 1 heterocycles. The van der Waals surface area contributed by atoms with Crippen molar-refractivity contribution in [3.05, 3.63) is 34.8 Å². The van der Waals surface area contributed by atoms with Gasteiger partial charge in [-0.25, -0.2) is 4.79 Å². The van der Waals surface area contributed by atoms with Gasteiger partial charge in [0, 0.05) is 0 Å². The van der Waals surface area contributed by atoms with Crippen LogP contribution >= 0.6 is 0 Å². The minimum Gasteiger partial charge on any atom is -0.475 e. The van der Waals surface area contributed by atoms with Crippen molar-refractivity contribution in [2.45, 2.75) is 6.54 Å². The molecule has 0 aliphatic rings. The smallest absolute Gasteiger partial charge is 0.374 e. The van der Waals surface area contributed by atoms with Crippen molar-refractivity contribution in [2.75, 3.05) is 0 Å². The van der Waals surface area contributed by atoms with Gasteiger partial charge in [0.25, 0.3) is 5.56 Å². The fraction of sp³-hybridized carbons (Fsp3) is 0.143. The number of hydrogen-bond donors (Lipinski definition) is 1. The van der Waals surface area contributed by atoms with Crippen LogP contribution in [-0.4, -0.2) is 15.8 Å². The lowest BCUT2D eigenvalue weighted by atomic mass is 10.5. The molecule has 1 aromatic rings. The monoisotopic (exact) mass is 169 g/mol. The molecule has 5 heteroatoms. The van der Waals surface area contributed by atoms with E-state index in [1.54, 1.807) is 0 Å². The summed E-state index contributed by atoms with van der Waals surface area (Å²) >= 11 is 0. The van der Waals surface area contributed by atoms with Gasteiger partial charge in [0.15, 0.2) is 0 Å². The van der Waals surface area contributed by atoms with Crippen LogP contribution in [0.5, 0.6) is 0 Å². The van der Waals surface area contributed by atoms with E-state index in [0.29, 0.717) is 0 Å². The average Bonchev–Trinajstić information content (AvgIpc) is 2.34. The number of carbonyl (C=O) groups is 1. The van der Waals surface area contributed by atoms with E-state index >= 15 is 0 Å². The Balaban J connectivity index is 3.08. The maximum absolute atomic E-state index is 10.9. The van der Waals surface area contributed by atoms with Crippen molar-refractivity contribution in [1.82, 2.24) is 4.74 Å². The zero-order valence-electron chi connectivity index (χ0n) is 6.19. The van der Waals surface area contributed by atoms with Gasteiger partial charge in [0.1, 0.15) is 0 Å². The Morgan fingerprint density at radius 1 is 1.83 bits per heavy atom. The first-order chi connectivity index (χ1) is 5.65. The molecule has 0 radical (unpaired) electrons. The Labute approximate surface area is 67.5 Å². The molecule has 0 atom stereocenters. The highest BCUT2D eigenvalue weighted by atomic mass is 16.5. The zero-order valence-corrected chi connectivity index (χ0v) is 6.19. The van der Waals surface area contributed by atoms with Crippen LogP contribution in [0.15, 0.2) is 28.0 Å². The van der Waals surface area contributed by atoms with Crippen LogP contribution in [0.2, 0.25) is 0 Å². The number of nitrogens with zero attached hydrogens (tertiary/aromatic N) is 1. The largest absolute Gasteiger partial charge is 0.475 e. The molecule has 0 aromatic carbocycles. The molecule has 0 saturated heterocycles. The molecule has 1 rings (SSSR count). The first-order valence-electron chi connectivity index (χ1n) is 3.20. The van der Waals surface area contributed by atoms with Gasteiger partial charge in [-0.1, -0.05) is 6.08 Å². The molecule has 5 nitrogen and oxygen atoms in total. The second kappa shape index (κ2) is 3.08. The maximum atomic E-state index is 10.9. The average molecular weight is 169 g/mol. The predicted molar refractivity (Wildman–Crippen MR) is 40.1 cm³/mol. The molecule has 0 unspecified atom stereocenters. The zero-order chi connectivity index (χ0) is 9.14. The van der Waals surface area contributed by atoms with E-state index < -0.39 is 11.5 Å². The van der Waals surface area contributed by atoms with Gasteiger partial charge >= 0.3 is 5.97 Å². The van der Waals surface area contributed by atoms with Gasteiger partial charge in [-0.05, 0) is 0 Å². The molecule has 0 saturated carbocycles. The van der Waals surface area contributed by atoms with E-state index in [9.17, 15) is 9.59 Å². The molecule has 12 heavy (non-hydrogen) atoms. The van der Waals surface area contributed by atoms with E-state index in [0.717, 1.165) is 10.8 Å². The lowest BCUT2D eigenvalue weighted by Crippen LogP contribution is -2.11. The van der Waals surface area contributed by atoms with Gasteiger partial charge in [0.05, 0.1) is 12.6 Å². The highest BCUT2D eigenvalue weighted by molar-refractivity contribution is 5.83. The van der Waals surface area contributed by atoms with Crippen molar-refractivity contribution in [3.8, 4) is 0 Å². The Bertz CT molecular complexity index is 360. The molecule has 0 aliphatic carbocycles. The topological polar surface area (TPSA) is 72.4 Å². The Morgan fingerprint density at radius 3 is 2.92 bits per heavy atom. The first kappa shape index (κ1) is 8.32. The summed E-state index contributed by atoms with van der Waals surface area (Å²) in [6.07, 6.45) is 1.44. The van der Waals surface area contributed by atoms with Gasteiger partial charge in [-0.3, -0.25) is 4.79 Å². The maximum Gasteiger partial charge on any atom is 0.374 e. The number of allylic oxidation sites excluding steroid dienone is 1. The van der Waals surface area contributed by atoms with E-state index in [2.05, 4.69) is 11.1 Å². The Hall–Kier alpha value is -1.78. The normalized spacial score (nSPS) is 9.67. The summed E-state index contributed by atoms with van der Waals surface area (Å²) in [7, 11) is 0. The van der Waals surface area contributed by atoms with Crippen LogP contribution in [0.3, 0.4) is 0 Å². The number of hydrogen-bond acceptors (Lipinski definition) is 3. The van der Waals surface area contributed by atoms with Gasteiger partial charge in [-0.2, -0.15) is 4.74 Å². The number of aromatic nitrogens is 1. The summed E-state index contributed by atoms with van der Waals surface area (Å²) in [4.78, 5) is 21.2. The third-order valence-corrected chi connectivity index (χ3v) is 1.21. The molecule has 1 N–H and O–H groups in total. The summed E-state index contributed by atoms with van der Waals surface area (Å²) in [5.41, 5.74) is -0.479. The van der Waals surface area contributed by atoms with Crippen molar-refractivity contribution in [3.63, 3.8) is 0 Å². The third kappa shape index (κ3) is 1.45. The molecular weight excluding hydrogens is 162 g/mol. The third-order valence-electron chi connectivity index (χ3n) is 1.21. The number of carboxylic acids is 1. The molecule has 0 fully saturated rings. The highest BCUT2D eigenvalue weighted by Gasteiger charge is 2.10. The second-order valence-corrected chi connectivity index (χ2v) is 2.09. The van der Waals surface area contributed by atoms with E-state index in [1.165, 1.54) is 6.08 Å². The summed E-state index contributed by atoms with van der Waals surface area (Å²) < 4.78 is 5.56. The van der Waals surface area contributed by atoms with Crippen LogP contribution in [0.25, 0.3) is 0 Å². The quantitative estimate of drug-likeness (QED) is 0.661. The van der Waals surface area contributed by atoms with E-state index in [1.807, 2.05) is 0 Å². The van der Waals surface area contributed by atoms with Crippen molar-refractivity contribution >= 4 is 5.97 Å². The lowest BCUT2D eigenvalue weighted by Gasteiger charge is -1.90. The predicted octanol–water partition coefficient (Wildman–Crippen LogP) is 0.325. The summed E-state index contributed by atoms with van der Waals surface area (Å²) in [5.74, 6) is -1.61. The molecular formula is C7H7NO4. The summed E-state index contributed by atoms with van der Waals surface area (Å²) in [6, 6.07) is 0.922. The fourth-order valence-electron chi connectivity index (χ4n) is 0.719. The van der Waals surface area contributed by atoms with Gasteiger partial charge in [-0.15, -0.1) is 6.58 Å². The number of aromatic carboxylic acids is 1.